The van der Waals surface area contributed by atoms with Gasteiger partial charge in [0.05, 0.1) is 5.02 Å². The van der Waals surface area contributed by atoms with Crippen LogP contribution in [0.2, 0.25) is 10.0 Å². The summed E-state index contributed by atoms with van der Waals surface area (Å²) in [7, 11) is 0. The molecule has 0 bridgehead atoms. The van der Waals surface area contributed by atoms with Gasteiger partial charge in [0.2, 0.25) is 0 Å². The second kappa shape index (κ2) is 6.76. The van der Waals surface area contributed by atoms with Crippen molar-refractivity contribution in [2.75, 3.05) is 0 Å². The van der Waals surface area contributed by atoms with Crippen LogP contribution in [-0.4, -0.2) is 0 Å². The van der Waals surface area contributed by atoms with Gasteiger partial charge in [-0.15, -0.1) is 0 Å². The lowest BCUT2D eigenvalue weighted by molar-refractivity contribution is 0.574. The Kier molecular flexibility index (Phi) is 5.28. The van der Waals surface area contributed by atoms with Crippen LogP contribution in [0.15, 0.2) is 46.9 Å². The monoisotopic (exact) mass is 357 g/mol. The predicted molar refractivity (Wildman–Crippen MR) is 85.9 cm³/mol. The molecule has 0 amide bonds. The predicted octanol–water partition coefficient (Wildman–Crippen LogP) is 5.61. The molecule has 0 radical (unpaired) electrons. The molecular formula is C15H14BrCl2N. The van der Waals surface area contributed by atoms with Crippen molar-refractivity contribution < 1.29 is 0 Å². The highest BCUT2D eigenvalue weighted by molar-refractivity contribution is 9.10. The first-order valence-electron chi connectivity index (χ1n) is 5.99. The highest BCUT2D eigenvalue weighted by atomic mass is 79.9. The van der Waals surface area contributed by atoms with Crippen LogP contribution in [-0.2, 0) is 6.54 Å². The molecule has 0 aliphatic rings. The molecule has 0 heterocycles. The maximum Gasteiger partial charge on any atom is 0.0548 e. The average Bonchev–Trinajstić information content (AvgIpc) is 2.40. The molecule has 0 aromatic heterocycles. The second-order valence-corrected chi connectivity index (χ2v) is 6.10. The zero-order valence-electron chi connectivity index (χ0n) is 10.5. The van der Waals surface area contributed by atoms with Crippen LogP contribution in [0.5, 0.6) is 0 Å². The molecule has 0 saturated carbocycles. The third-order valence-corrected chi connectivity index (χ3v) is 4.39. The summed E-state index contributed by atoms with van der Waals surface area (Å²) in [5.41, 5.74) is 2.37. The molecule has 2 aromatic rings. The third-order valence-electron chi connectivity index (χ3n) is 2.95. The molecule has 0 aliphatic carbocycles. The van der Waals surface area contributed by atoms with Gasteiger partial charge in [-0.1, -0.05) is 41.4 Å². The number of hydrogen-bond acceptors (Lipinski definition) is 1. The molecule has 4 heteroatoms. The van der Waals surface area contributed by atoms with Crippen molar-refractivity contribution in [3.63, 3.8) is 0 Å². The minimum atomic E-state index is 0.244. The zero-order valence-corrected chi connectivity index (χ0v) is 13.6. The van der Waals surface area contributed by atoms with Crippen molar-refractivity contribution in [2.45, 2.75) is 19.5 Å². The fourth-order valence-electron chi connectivity index (χ4n) is 1.81. The molecule has 0 aliphatic heterocycles. The first kappa shape index (κ1) is 14.9. The zero-order chi connectivity index (χ0) is 13.8. The minimum absolute atomic E-state index is 0.244. The molecular weight excluding hydrogens is 345 g/mol. The van der Waals surface area contributed by atoms with Crippen molar-refractivity contribution in [1.29, 1.82) is 0 Å². The van der Waals surface area contributed by atoms with Crippen LogP contribution < -0.4 is 5.32 Å². The van der Waals surface area contributed by atoms with Gasteiger partial charge >= 0.3 is 0 Å². The van der Waals surface area contributed by atoms with Crippen LogP contribution in [0.1, 0.15) is 24.1 Å². The molecule has 1 atom stereocenters. The summed E-state index contributed by atoms with van der Waals surface area (Å²) < 4.78 is 0.920. The highest BCUT2D eigenvalue weighted by Gasteiger charge is 2.06. The van der Waals surface area contributed by atoms with Crippen molar-refractivity contribution in [3.8, 4) is 0 Å². The van der Waals surface area contributed by atoms with Crippen molar-refractivity contribution in [1.82, 2.24) is 5.32 Å². The van der Waals surface area contributed by atoms with Gasteiger partial charge in [-0.25, -0.2) is 0 Å². The van der Waals surface area contributed by atoms with E-state index < -0.39 is 0 Å². The van der Waals surface area contributed by atoms with Crippen LogP contribution in [0, 0.1) is 0 Å². The van der Waals surface area contributed by atoms with Crippen LogP contribution in [0.3, 0.4) is 0 Å². The van der Waals surface area contributed by atoms with Crippen molar-refractivity contribution in [3.05, 3.63) is 68.1 Å². The van der Waals surface area contributed by atoms with E-state index in [0.29, 0.717) is 0 Å². The Balaban J connectivity index is 2.00. The van der Waals surface area contributed by atoms with E-state index in [9.17, 15) is 0 Å². The molecule has 0 spiro atoms. The second-order valence-electron chi connectivity index (χ2n) is 4.41. The summed E-state index contributed by atoms with van der Waals surface area (Å²) in [6.45, 7) is 2.90. The third kappa shape index (κ3) is 4.22. The summed E-state index contributed by atoms with van der Waals surface area (Å²) in [6, 6.07) is 14.1. The maximum absolute atomic E-state index is 6.00. The van der Waals surface area contributed by atoms with Gasteiger partial charge in [0.1, 0.15) is 0 Å². The van der Waals surface area contributed by atoms with E-state index in [1.807, 2.05) is 36.4 Å². The van der Waals surface area contributed by atoms with Gasteiger partial charge in [0.15, 0.2) is 0 Å². The van der Waals surface area contributed by atoms with Gasteiger partial charge in [-0.05, 0) is 58.2 Å². The summed E-state index contributed by atoms with van der Waals surface area (Å²) >= 11 is 15.4. The van der Waals surface area contributed by atoms with Crippen LogP contribution in [0.25, 0.3) is 0 Å². The van der Waals surface area contributed by atoms with Crippen molar-refractivity contribution in [2.24, 2.45) is 0 Å². The summed E-state index contributed by atoms with van der Waals surface area (Å²) in [5, 5.41) is 4.96. The SMILES string of the molecule is CC(NCc1ccc(Cl)c(Br)c1)c1cccc(Cl)c1. The van der Waals surface area contributed by atoms with Crippen LogP contribution in [0.4, 0.5) is 0 Å². The first-order valence-corrected chi connectivity index (χ1v) is 7.54. The minimum Gasteiger partial charge on any atom is -0.306 e. The van der Waals surface area contributed by atoms with E-state index in [4.69, 9.17) is 23.2 Å². The van der Waals surface area contributed by atoms with E-state index in [0.717, 1.165) is 21.1 Å². The Morgan fingerprint density at radius 3 is 2.63 bits per heavy atom. The van der Waals surface area contributed by atoms with Crippen molar-refractivity contribution >= 4 is 39.1 Å². The van der Waals surface area contributed by atoms with Gasteiger partial charge in [-0.2, -0.15) is 0 Å². The van der Waals surface area contributed by atoms with Gasteiger partial charge < -0.3 is 5.32 Å². The largest absolute Gasteiger partial charge is 0.306 e. The Labute approximate surface area is 132 Å². The van der Waals surface area contributed by atoms with E-state index in [1.165, 1.54) is 11.1 Å². The van der Waals surface area contributed by atoms with Crippen LogP contribution >= 0.6 is 39.1 Å². The Morgan fingerprint density at radius 1 is 1.16 bits per heavy atom. The molecule has 1 N–H and O–H groups in total. The fraction of sp³-hybridized carbons (Fsp3) is 0.200. The lowest BCUT2D eigenvalue weighted by atomic mass is 10.1. The van der Waals surface area contributed by atoms with E-state index >= 15 is 0 Å². The highest BCUT2D eigenvalue weighted by Crippen LogP contribution is 2.24. The summed E-state index contributed by atoms with van der Waals surface area (Å²) in [4.78, 5) is 0. The number of halogens is 3. The first-order chi connectivity index (χ1) is 9.06. The Morgan fingerprint density at radius 2 is 1.95 bits per heavy atom. The van der Waals surface area contributed by atoms with E-state index in [2.05, 4.69) is 34.2 Å². The Bertz CT molecular complexity index is 572. The Hall–Kier alpha value is -0.540. The lowest BCUT2D eigenvalue weighted by Gasteiger charge is -2.15. The van der Waals surface area contributed by atoms with Gasteiger partial charge in [-0.3, -0.25) is 0 Å². The number of nitrogens with one attached hydrogen (secondary N) is 1. The quantitative estimate of drug-likeness (QED) is 0.749. The summed E-state index contributed by atoms with van der Waals surface area (Å²) in [6.07, 6.45) is 0. The summed E-state index contributed by atoms with van der Waals surface area (Å²) in [5.74, 6) is 0. The number of rotatable bonds is 4. The maximum atomic E-state index is 6.00. The molecule has 2 aromatic carbocycles. The van der Waals surface area contributed by atoms with Gasteiger partial charge in [0.25, 0.3) is 0 Å². The molecule has 2 rings (SSSR count). The molecule has 1 nitrogen and oxygen atoms in total. The molecule has 0 fully saturated rings. The molecule has 19 heavy (non-hydrogen) atoms. The van der Waals surface area contributed by atoms with E-state index in [1.54, 1.807) is 0 Å². The number of benzene rings is 2. The number of hydrogen-bond donors (Lipinski definition) is 1. The molecule has 0 saturated heterocycles. The lowest BCUT2D eigenvalue weighted by Crippen LogP contribution is -2.18. The fourth-order valence-corrected chi connectivity index (χ4v) is 2.56. The molecule has 1 unspecified atom stereocenters. The average molecular weight is 359 g/mol. The molecule has 100 valence electrons. The topological polar surface area (TPSA) is 12.0 Å². The smallest absolute Gasteiger partial charge is 0.0548 e. The van der Waals surface area contributed by atoms with Gasteiger partial charge in [0, 0.05) is 22.1 Å². The standard InChI is InChI=1S/C15H14BrCl2N/c1-10(12-3-2-4-13(17)8-12)19-9-11-5-6-15(18)14(16)7-11/h2-8,10,19H,9H2,1H3. The van der Waals surface area contributed by atoms with E-state index in [-0.39, 0.29) is 6.04 Å². The normalized spacial score (nSPS) is 12.4.